The van der Waals surface area contributed by atoms with Gasteiger partial charge in [-0.1, -0.05) is 0 Å². The number of ether oxygens (including phenoxy) is 1. The fourth-order valence-electron chi connectivity index (χ4n) is 1.81. The Hall–Kier alpha value is -1.14. The van der Waals surface area contributed by atoms with Crippen LogP contribution in [0.25, 0.3) is 0 Å². The van der Waals surface area contributed by atoms with E-state index in [1.807, 2.05) is 0 Å². The monoisotopic (exact) mass is 230 g/mol. The summed E-state index contributed by atoms with van der Waals surface area (Å²) in [6.07, 6.45) is 1.52. The number of likely N-dealkylation sites (N-methyl/N-ethyl adjacent to an activating group) is 2. The van der Waals surface area contributed by atoms with E-state index in [0.29, 0.717) is 13.2 Å². The van der Waals surface area contributed by atoms with Crippen LogP contribution >= 0.6 is 0 Å². The van der Waals surface area contributed by atoms with E-state index < -0.39 is 17.9 Å². The second-order valence-electron chi connectivity index (χ2n) is 3.85. The van der Waals surface area contributed by atoms with Crippen molar-refractivity contribution in [2.24, 2.45) is 0 Å². The standard InChI is InChI=1S/C10H18N2O4/c1-11-8(10(14)15)9(13)12(2)7-3-5-16-6-4-7/h7-8,11H,3-6H2,1-2H3,(H,14,15). The molecule has 16 heavy (non-hydrogen) atoms. The summed E-state index contributed by atoms with van der Waals surface area (Å²) in [5, 5.41) is 11.4. The highest BCUT2D eigenvalue weighted by atomic mass is 16.5. The molecule has 1 amide bonds. The zero-order valence-electron chi connectivity index (χ0n) is 9.60. The van der Waals surface area contributed by atoms with E-state index in [1.54, 1.807) is 7.05 Å². The first-order valence-corrected chi connectivity index (χ1v) is 5.32. The molecule has 1 atom stereocenters. The molecule has 0 aromatic rings. The van der Waals surface area contributed by atoms with Gasteiger partial charge < -0.3 is 14.7 Å². The van der Waals surface area contributed by atoms with Gasteiger partial charge >= 0.3 is 5.97 Å². The number of rotatable bonds is 4. The molecule has 6 nitrogen and oxygen atoms in total. The molecule has 1 saturated heterocycles. The molecular weight excluding hydrogens is 212 g/mol. The lowest BCUT2D eigenvalue weighted by Crippen LogP contribution is -2.52. The zero-order valence-corrected chi connectivity index (χ0v) is 9.60. The third kappa shape index (κ3) is 2.93. The Morgan fingerprint density at radius 3 is 2.44 bits per heavy atom. The molecule has 92 valence electrons. The van der Waals surface area contributed by atoms with Crippen LogP contribution in [0, 0.1) is 0 Å². The van der Waals surface area contributed by atoms with Crippen molar-refractivity contribution in [2.45, 2.75) is 24.9 Å². The summed E-state index contributed by atoms with van der Waals surface area (Å²) < 4.78 is 5.19. The molecular formula is C10H18N2O4. The number of hydrogen-bond donors (Lipinski definition) is 2. The minimum absolute atomic E-state index is 0.0800. The number of carbonyl (C=O) groups excluding carboxylic acids is 1. The Labute approximate surface area is 94.6 Å². The van der Waals surface area contributed by atoms with Crippen molar-refractivity contribution in [3.63, 3.8) is 0 Å². The van der Waals surface area contributed by atoms with E-state index in [0.717, 1.165) is 12.8 Å². The Morgan fingerprint density at radius 2 is 2.00 bits per heavy atom. The molecule has 0 aliphatic carbocycles. The summed E-state index contributed by atoms with van der Waals surface area (Å²) in [4.78, 5) is 24.2. The van der Waals surface area contributed by atoms with Gasteiger partial charge in [0.1, 0.15) is 0 Å². The third-order valence-corrected chi connectivity index (χ3v) is 2.87. The molecule has 0 aromatic heterocycles. The van der Waals surface area contributed by atoms with Gasteiger partial charge in [0.05, 0.1) is 0 Å². The summed E-state index contributed by atoms with van der Waals surface area (Å²) in [6, 6.07) is -1.08. The number of carboxylic acids is 1. The van der Waals surface area contributed by atoms with Crippen LogP contribution in [0.15, 0.2) is 0 Å². The highest BCUT2D eigenvalue weighted by molar-refractivity contribution is 6.01. The van der Waals surface area contributed by atoms with Crippen LogP contribution in [0.5, 0.6) is 0 Å². The summed E-state index contributed by atoms with van der Waals surface area (Å²) >= 11 is 0. The van der Waals surface area contributed by atoms with Crippen LogP contribution in [0.4, 0.5) is 0 Å². The minimum atomic E-state index is -1.16. The van der Waals surface area contributed by atoms with Gasteiger partial charge in [-0.05, 0) is 19.9 Å². The van der Waals surface area contributed by atoms with E-state index in [4.69, 9.17) is 9.84 Å². The van der Waals surface area contributed by atoms with Crippen molar-refractivity contribution in [1.82, 2.24) is 10.2 Å². The fraction of sp³-hybridized carbons (Fsp3) is 0.800. The molecule has 1 unspecified atom stereocenters. The van der Waals surface area contributed by atoms with Gasteiger partial charge in [-0.15, -0.1) is 0 Å². The predicted octanol–water partition coefficient (Wildman–Crippen LogP) is -0.704. The van der Waals surface area contributed by atoms with Crippen LogP contribution in [0.1, 0.15) is 12.8 Å². The van der Waals surface area contributed by atoms with Gasteiger partial charge in [0, 0.05) is 26.3 Å². The summed E-state index contributed by atoms with van der Waals surface area (Å²) in [5.74, 6) is -1.55. The second kappa shape index (κ2) is 5.81. The van der Waals surface area contributed by atoms with Gasteiger partial charge in [-0.3, -0.25) is 10.1 Å². The number of amides is 1. The molecule has 2 N–H and O–H groups in total. The van der Waals surface area contributed by atoms with Gasteiger partial charge in [0.2, 0.25) is 0 Å². The number of carbonyl (C=O) groups is 2. The highest BCUT2D eigenvalue weighted by Gasteiger charge is 2.31. The molecule has 0 saturated carbocycles. The van der Waals surface area contributed by atoms with Crippen LogP contribution in [-0.4, -0.2) is 61.3 Å². The average molecular weight is 230 g/mol. The average Bonchev–Trinajstić information content (AvgIpc) is 2.29. The summed E-state index contributed by atoms with van der Waals surface area (Å²) in [5.41, 5.74) is 0. The van der Waals surface area contributed by atoms with Gasteiger partial charge in [0.15, 0.2) is 6.04 Å². The number of nitrogens with zero attached hydrogens (tertiary/aromatic N) is 1. The molecule has 0 radical (unpaired) electrons. The molecule has 1 aliphatic rings. The summed E-state index contributed by atoms with van der Waals surface area (Å²) in [7, 11) is 3.11. The van der Waals surface area contributed by atoms with Crippen LogP contribution in [0.3, 0.4) is 0 Å². The lowest BCUT2D eigenvalue weighted by Gasteiger charge is -2.32. The fourth-order valence-corrected chi connectivity index (χ4v) is 1.81. The molecule has 1 rings (SSSR count). The van der Waals surface area contributed by atoms with Crippen LogP contribution in [-0.2, 0) is 14.3 Å². The third-order valence-electron chi connectivity index (χ3n) is 2.87. The van der Waals surface area contributed by atoms with Crippen molar-refractivity contribution in [2.75, 3.05) is 27.3 Å². The largest absolute Gasteiger partial charge is 0.480 e. The second-order valence-corrected chi connectivity index (χ2v) is 3.85. The van der Waals surface area contributed by atoms with Crippen molar-refractivity contribution < 1.29 is 19.4 Å². The van der Waals surface area contributed by atoms with Crippen LogP contribution < -0.4 is 5.32 Å². The lowest BCUT2D eigenvalue weighted by atomic mass is 10.1. The van der Waals surface area contributed by atoms with Gasteiger partial charge in [-0.25, -0.2) is 4.79 Å². The molecule has 1 heterocycles. The van der Waals surface area contributed by atoms with Gasteiger partial charge in [0.25, 0.3) is 5.91 Å². The highest BCUT2D eigenvalue weighted by Crippen LogP contribution is 2.13. The first-order valence-electron chi connectivity index (χ1n) is 5.32. The zero-order chi connectivity index (χ0) is 12.1. The molecule has 1 fully saturated rings. The Balaban J connectivity index is 2.60. The SMILES string of the molecule is CNC(C(=O)O)C(=O)N(C)C1CCOCC1. The van der Waals surface area contributed by atoms with E-state index >= 15 is 0 Å². The van der Waals surface area contributed by atoms with Crippen molar-refractivity contribution in [3.05, 3.63) is 0 Å². The first kappa shape index (κ1) is 12.9. The quantitative estimate of drug-likeness (QED) is 0.624. The van der Waals surface area contributed by atoms with Crippen molar-refractivity contribution in [1.29, 1.82) is 0 Å². The number of carboxylic acid groups (broad SMARTS) is 1. The number of aliphatic carboxylic acids is 1. The minimum Gasteiger partial charge on any atom is -0.480 e. The lowest BCUT2D eigenvalue weighted by molar-refractivity contribution is -0.148. The molecule has 0 spiro atoms. The molecule has 1 aliphatic heterocycles. The van der Waals surface area contributed by atoms with E-state index in [1.165, 1.54) is 11.9 Å². The van der Waals surface area contributed by atoms with Crippen molar-refractivity contribution >= 4 is 11.9 Å². The maximum Gasteiger partial charge on any atom is 0.330 e. The smallest absolute Gasteiger partial charge is 0.330 e. The van der Waals surface area contributed by atoms with Crippen molar-refractivity contribution in [3.8, 4) is 0 Å². The molecule has 6 heteroatoms. The van der Waals surface area contributed by atoms with Crippen LogP contribution in [0.2, 0.25) is 0 Å². The first-order chi connectivity index (χ1) is 7.57. The maximum absolute atomic E-state index is 11.9. The number of hydrogen-bond acceptors (Lipinski definition) is 4. The Morgan fingerprint density at radius 1 is 1.44 bits per heavy atom. The number of nitrogens with one attached hydrogen (secondary N) is 1. The Kier molecular flexibility index (Phi) is 4.70. The van der Waals surface area contributed by atoms with E-state index in [-0.39, 0.29) is 6.04 Å². The maximum atomic E-state index is 11.9. The molecule has 0 bridgehead atoms. The van der Waals surface area contributed by atoms with E-state index in [2.05, 4.69) is 5.32 Å². The normalized spacial score (nSPS) is 19.1. The van der Waals surface area contributed by atoms with Gasteiger partial charge in [-0.2, -0.15) is 0 Å². The summed E-state index contributed by atoms with van der Waals surface area (Å²) in [6.45, 7) is 1.25. The van der Waals surface area contributed by atoms with E-state index in [9.17, 15) is 9.59 Å². The topological polar surface area (TPSA) is 78.9 Å². The predicted molar refractivity (Wildman–Crippen MR) is 57.1 cm³/mol. The Bertz CT molecular complexity index is 264. The molecule has 0 aromatic carbocycles.